The van der Waals surface area contributed by atoms with Crippen molar-refractivity contribution in [3.63, 3.8) is 0 Å². The monoisotopic (exact) mass is 789 g/mol. The van der Waals surface area contributed by atoms with E-state index in [0.717, 1.165) is 63.7 Å². The van der Waals surface area contributed by atoms with Crippen molar-refractivity contribution in [1.29, 1.82) is 0 Å². The molecule has 0 radical (unpaired) electrons. The second-order valence-corrected chi connectivity index (χ2v) is 16.1. The second kappa shape index (κ2) is 36.8. The number of phosphoric ester groups is 1. The number of hydrogen-bond acceptors (Lipinski definition) is 10. The van der Waals surface area contributed by atoms with Gasteiger partial charge < -0.3 is 29.7 Å². The molecular formula is C42H77O11P. The summed E-state index contributed by atoms with van der Waals surface area (Å²) in [6.45, 7) is 4.44. The first-order valence-electron chi connectivity index (χ1n) is 20.9. The van der Waals surface area contributed by atoms with Gasteiger partial charge in [-0.15, -0.1) is 0 Å². The molecule has 0 saturated carbocycles. The third kappa shape index (κ3) is 37.1. The lowest BCUT2D eigenvalue weighted by molar-refractivity contribution is -0.161. The first-order chi connectivity index (χ1) is 26.0. The van der Waals surface area contributed by atoms with Crippen LogP contribution in [0.25, 0.3) is 0 Å². The molecule has 0 heterocycles. The average Bonchev–Trinajstić information content (AvgIpc) is 3.14. The Bertz CT molecular complexity index is 1030. The Morgan fingerprint density at radius 1 is 0.667 bits per heavy atom. The lowest BCUT2D eigenvalue weighted by atomic mass is 10.0. The third-order valence-corrected chi connectivity index (χ3v) is 9.77. The lowest BCUT2D eigenvalue weighted by Gasteiger charge is -2.20. The van der Waals surface area contributed by atoms with Gasteiger partial charge in [-0.1, -0.05) is 154 Å². The first-order valence-corrected chi connectivity index (χ1v) is 22.4. The summed E-state index contributed by atoms with van der Waals surface area (Å²) in [7, 11) is -4.63. The molecule has 316 valence electrons. The molecule has 0 aliphatic carbocycles. The van der Waals surface area contributed by atoms with Gasteiger partial charge >= 0.3 is 19.8 Å². The molecule has 0 saturated heterocycles. The lowest BCUT2D eigenvalue weighted by Crippen LogP contribution is -2.29. The molecule has 0 rings (SSSR count). The highest BCUT2D eigenvalue weighted by atomic mass is 31.2. The van der Waals surface area contributed by atoms with Crippen molar-refractivity contribution in [2.45, 2.75) is 187 Å². The topological polar surface area (TPSA) is 169 Å². The Morgan fingerprint density at radius 3 is 1.78 bits per heavy atom. The van der Waals surface area contributed by atoms with Gasteiger partial charge in [0.25, 0.3) is 0 Å². The summed E-state index contributed by atoms with van der Waals surface area (Å²) < 4.78 is 32.6. The van der Waals surface area contributed by atoms with Gasteiger partial charge in [0, 0.05) is 12.8 Å². The van der Waals surface area contributed by atoms with Crippen LogP contribution in [0.3, 0.4) is 0 Å². The van der Waals surface area contributed by atoms with Crippen LogP contribution in [0.2, 0.25) is 0 Å². The number of hydrogen-bond donors (Lipinski definition) is 4. The molecule has 12 heteroatoms. The van der Waals surface area contributed by atoms with E-state index in [0.29, 0.717) is 19.3 Å². The van der Waals surface area contributed by atoms with E-state index in [1.807, 2.05) is 24.3 Å². The number of carbonyl (C=O) groups is 2. The smallest absolute Gasteiger partial charge is 0.462 e. The fourth-order valence-corrected chi connectivity index (χ4v) is 6.36. The number of ether oxygens (including phenoxy) is 2. The predicted octanol–water partition coefficient (Wildman–Crippen LogP) is 9.61. The normalized spacial score (nSPS) is 15.0. The Kier molecular flexibility index (Phi) is 35.5. The zero-order valence-corrected chi connectivity index (χ0v) is 34.9. The van der Waals surface area contributed by atoms with Gasteiger partial charge in [0.05, 0.1) is 25.9 Å². The van der Waals surface area contributed by atoms with E-state index in [1.54, 1.807) is 6.08 Å². The summed E-state index contributed by atoms with van der Waals surface area (Å²) in [5, 5.41) is 28.2. The van der Waals surface area contributed by atoms with Crippen LogP contribution in [0.15, 0.2) is 36.5 Å². The average molecular weight is 789 g/mol. The standard InChI is InChI=1S/C42H77O11P/c1-4-5-23-29-38(44)30-25-20-16-12-10-14-17-21-26-31-41(46)50-35-40(36-52-54(48,49)51-34-39(45)33-43)53-42(47)32-27-22-18-13-9-7-6-8-11-15-19-24-28-37(2)3/h5,16,20,23,25,30,37-40,43-45H,4,6-15,17-19,21-22,24,26-29,31-36H2,1-3H3,(H,48,49)/b20-16+,23-5+,30-25+/t38?,39-,40+/m0/s1. The number of unbranched alkanes of at least 4 members (excludes halogenated alkanes) is 16. The van der Waals surface area contributed by atoms with E-state index < -0.39 is 57.9 Å². The van der Waals surface area contributed by atoms with Crippen molar-refractivity contribution >= 4 is 19.8 Å². The summed E-state index contributed by atoms with van der Waals surface area (Å²) >= 11 is 0. The van der Waals surface area contributed by atoms with Crippen LogP contribution in [0.4, 0.5) is 0 Å². The number of aliphatic hydroxyl groups is 3. The van der Waals surface area contributed by atoms with Crippen LogP contribution in [-0.4, -0.2) is 76.9 Å². The maximum Gasteiger partial charge on any atom is 0.472 e. The molecule has 4 N–H and O–H groups in total. The Labute approximate surface area is 327 Å². The summed E-state index contributed by atoms with van der Waals surface area (Å²) in [5.74, 6) is -0.176. The molecule has 11 nitrogen and oxygen atoms in total. The summed E-state index contributed by atoms with van der Waals surface area (Å²) in [6.07, 6.45) is 31.6. The number of carbonyl (C=O) groups excluding carboxylic acids is 2. The van der Waals surface area contributed by atoms with Gasteiger partial charge in [0.15, 0.2) is 6.10 Å². The Balaban J connectivity index is 4.37. The quantitative estimate of drug-likeness (QED) is 0.0155. The van der Waals surface area contributed by atoms with E-state index in [4.69, 9.17) is 19.1 Å². The highest BCUT2D eigenvalue weighted by Gasteiger charge is 2.27. The fourth-order valence-electron chi connectivity index (χ4n) is 5.57. The maximum absolute atomic E-state index is 12.6. The predicted molar refractivity (Wildman–Crippen MR) is 216 cm³/mol. The minimum atomic E-state index is -4.63. The SMILES string of the molecule is CC/C=C/CC(O)/C=C/C=C/CCCCCCCC(=O)OC[C@H](COP(=O)(O)OC[C@@H](O)CO)OC(=O)CCCCCCCCCCCCCCC(C)C. The van der Waals surface area contributed by atoms with Crippen molar-refractivity contribution in [1.82, 2.24) is 0 Å². The summed E-state index contributed by atoms with van der Waals surface area (Å²) in [4.78, 5) is 34.9. The maximum atomic E-state index is 12.6. The fraction of sp³-hybridized carbons (Fsp3) is 0.810. The molecular weight excluding hydrogens is 711 g/mol. The van der Waals surface area contributed by atoms with Crippen molar-refractivity contribution < 1.29 is 52.9 Å². The molecule has 0 amide bonds. The van der Waals surface area contributed by atoms with E-state index in [9.17, 15) is 29.3 Å². The summed E-state index contributed by atoms with van der Waals surface area (Å²) in [5.41, 5.74) is 0. The van der Waals surface area contributed by atoms with Crippen molar-refractivity contribution in [2.24, 2.45) is 5.92 Å². The molecule has 0 fully saturated rings. The zero-order chi connectivity index (χ0) is 40.1. The van der Waals surface area contributed by atoms with Crippen LogP contribution in [0, 0.1) is 5.92 Å². The van der Waals surface area contributed by atoms with Crippen LogP contribution in [0.1, 0.15) is 168 Å². The van der Waals surface area contributed by atoms with Crippen LogP contribution in [0.5, 0.6) is 0 Å². The number of allylic oxidation sites excluding steroid dienone is 4. The van der Waals surface area contributed by atoms with Crippen molar-refractivity contribution in [2.75, 3.05) is 26.4 Å². The highest BCUT2D eigenvalue weighted by Crippen LogP contribution is 2.43. The highest BCUT2D eigenvalue weighted by molar-refractivity contribution is 7.47. The molecule has 0 bridgehead atoms. The van der Waals surface area contributed by atoms with Gasteiger partial charge in [-0.25, -0.2) is 4.57 Å². The molecule has 0 aliphatic heterocycles. The van der Waals surface area contributed by atoms with E-state index in [2.05, 4.69) is 31.4 Å². The third-order valence-electron chi connectivity index (χ3n) is 8.82. The van der Waals surface area contributed by atoms with Gasteiger partial charge in [-0.2, -0.15) is 0 Å². The molecule has 0 aromatic rings. The van der Waals surface area contributed by atoms with Gasteiger partial charge in [0.2, 0.25) is 0 Å². The largest absolute Gasteiger partial charge is 0.472 e. The van der Waals surface area contributed by atoms with Gasteiger partial charge in [0.1, 0.15) is 12.7 Å². The number of aliphatic hydroxyl groups excluding tert-OH is 3. The minimum absolute atomic E-state index is 0.170. The number of phosphoric acid groups is 1. The number of rotatable bonds is 38. The molecule has 2 unspecified atom stereocenters. The minimum Gasteiger partial charge on any atom is -0.462 e. The molecule has 0 aliphatic rings. The van der Waals surface area contributed by atoms with Crippen LogP contribution in [-0.2, 0) is 32.7 Å². The Hall–Kier alpha value is -1.85. The van der Waals surface area contributed by atoms with E-state index in [1.165, 1.54) is 57.8 Å². The van der Waals surface area contributed by atoms with E-state index >= 15 is 0 Å². The van der Waals surface area contributed by atoms with Crippen molar-refractivity contribution in [3.8, 4) is 0 Å². The van der Waals surface area contributed by atoms with E-state index in [-0.39, 0.29) is 19.4 Å². The molecule has 54 heavy (non-hydrogen) atoms. The molecule has 0 aromatic carbocycles. The first kappa shape index (κ1) is 52.2. The van der Waals surface area contributed by atoms with Crippen molar-refractivity contribution in [3.05, 3.63) is 36.5 Å². The molecule has 4 atom stereocenters. The summed E-state index contributed by atoms with van der Waals surface area (Å²) in [6, 6.07) is 0. The van der Waals surface area contributed by atoms with Crippen LogP contribution >= 0.6 is 7.82 Å². The van der Waals surface area contributed by atoms with Crippen LogP contribution < -0.4 is 0 Å². The Morgan fingerprint density at radius 2 is 1.20 bits per heavy atom. The zero-order valence-electron chi connectivity index (χ0n) is 34.0. The van der Waals surface area contributed by atoms with Gasteiger partial charge in [-0.05, 0) is 44.4 Å². The van der Waals surface area contributed by atoms with Gasteiger partial charge in [-0.3, -0.25) is 18.6 Å². The second-order valence-electron chi connectivity index (χ2n) is 14.7. The molecule has 0 spiro atoms. The molecule has 0 aromatic heterocycles. The number of esters is 2.